The highest BCUT2D eigenvalue weighted by Gasteiger charge is 2.41. The van der Waals surface area contributed by atoms with Gasteiger partial charge in [-0.1, -0.05) is 19.9 Å². The maximum Gasteiger partial charge on any atom is 0.152 e. The van der Waals surface area contributed by atoms with E-state index in [0.29, 0.717) is 0 Å². The molecule has 0 aliphatic carbocycles. The van der Waals surface area contributed by atoms with E-state index >= 15 is 0 Å². The minimum absolute atomic E-state index is 0.144. The SMILES string of the molecule is CC(=O)C1Nc2cc(N)ccc2C1(C)C. The molecule has 0 saturated heterocycles. The van der Waals surface area contributed by atoms with Crippen LogP contribution in [0, 0.1) is 0 Å². The number of nitrogens with two attached hydrogens (primary N) is 1. The van der Waals surface area contributed by atoms with Crippen LogP contribution in [0.5, 0.6) is 0 Å². The molecule has 0 saturated carbocycles. The lowest BCUT2D eigenvalue weighted by Crippen LogP contribution is -2.38. The minimum Gasteiger partial charge on any atom is -0.399 e. The molecule has 0 fully saturated rings. The van der Waals surface area contributed by atoms with E-state index in [1.807, 2.05) is 18.2 Å². The number of benzene rings is 1. The lowest BCUT2D eigenvalue weighted by molar-refractivity contribution is -0.118. The zero-order chi connectivity index (χ0) is 11.2. The van der Waals surface area contributed by atoms with Crippen LogP contribution in [0.2, 0.25) is 0 Å². The van der Waals surface area contributed by atoms with Gasteiger partial charge in [-0.25, -0.2) is 0 Å². The van der Waals surface area contributed by atoms with E-state index in [-0.39, 0.29) is 17.2 Å². The first-order chi connectivity index (χ1) is 6.93. The number of carbonyl (C=O) groups is 1. The maximum atomic E-state index is 11.5. The molecular weight excluding hydrogens is 188 g/mol. The molecule has 1 aliphatic rings. The van der Waals surface area contributed by atoms with Crippen molar-refractivity contribution >= 4 is 17.2 Å². The van der Waals surface area contributed by atoms with Crippen LogP contribution < -0.4 is 11.1 Å². The third kappa shape index (κ3) is 1.39. The van der Waals surface area contributed by atoms with Crippen LogP contribution in [0.15, 0.2) is 18.2 Å². The van der Waals surface area contributed by atoms with Crippen LogP contribution in [0.3, 0.4) is 0 Å². The summed E-state index contributed by atoms with van der Waals surface area (Å²) in [7, 11) is 0. The Balaban J connectivity index is 2.51. The highest BCUT2D eigenvalue weighted by Crippen LogP contribution is 2.41. The minimum atomic E-state index is -0.158. The second-order valence-corrected chi connectivity index (χ2v) is 4.71. The summed E-state index contributed by atoms with van der Waals surface area (Å²) < 4.78 is 0. The molecule has 0 amide bonds. The molecule has 0 radical (unpaired) electrons. The van der Waals surface area contributed by atoms with Crippen LogP contribution >= 0.6 is 0 Å². The smallest absolute Gasteiger partial charge is 0.152 e. The maximum absolute atomic E-state index is 11.5. The fraction of sp³-hybridized carbons (Fsp3) is 0.417. The Morgan fingerprint density at radius 2 is 2.13 bits per heavy atom. The van der Waals surface area contributed by atoms with E-state index in [1.54, 1.807) is 6.92 Å². The molecule has 15 heavy (non-hydrogen) atoms. The van der Waals surface area contributed by atoms with Gasteiger partial charge in [0.15, 0.2) is 5.78 Å². The summed E-state index contributed by atoms with van der Waals surface area (Å²) in [4.78, 5) is 11.5. The average Bonchev–Trinajstić information content (AvgIpc) is 2.37. The number of nitrogens with one attached hydrogen (secondary N) is 1. The van der Waals surface area contributed by atoms with E-state index in [0.717, 1.165) is 16.9 Å². The van der Waals surface area contributed by atoms with Crippen LogP contribution in [-0.4, -0.2) is 11.8 Å². The number of Topliss-reactive ketones (excluding diaryl/α,β-unsaturated/α-hetero) is 1. The zero-order valence-electron chi connectivity index (χ0n) is 9.29. The summed E-state index contributed by atoms with van der Waals surface area (Å²) in [5.41, 5.74) is 8.43. The quantitative estimate of drug-likeness (QED) is 0.687. The molecule has 0 bridgehead atoms. The molecule has 3 heteroatoms. The molecule has 3 nitrogen and oxygen atoms in total. The monoisotopic (exact) mass is 204 g/mol. The van der Waals surface area contributed by atoms with E-state index in [1.165, 1.54) is 0 Å². The lowest BCUT2D eigenvalue weighted by atomic mass is 9.79. The van der Waals surface area contributed by atoms with Crippen LogP contribution in [0.25, 0.3) is 0 Å². The average molecular weight is 204 g/mol. The van der Waals surface area contributed by atoms with Gasteiger partial charge in [0.25, 0.3) is 0 Å². The van der Waals surface area contributed by atoms with Crippen molar-refractivity contribution in [3.8, 4) is 0 Å². The molecule has 2 rings (SSSR count). The molecule has 0 spiro atoms. The summed E-state index contributed by atoms with van der Waals surface area (Å²) in [6.45, 7) is 5.77. The van der Waals surface area contributed by atoms with Gasteiger partial charge in [0, 0.05) is 16.8 Å². The van der Waals surface area contributed by atoms with Gasteiger partial charge in [-0.2, -0.15) is 0 Å². The first kappa shape index (κ1) is 10.0. The van der Waals surface area contributed by atoms with E-state index in [4.69, 9.17) is 5.73 Å². The molecule has 1 atom stereocenters. The molecule has 1 unspecified atom stereocenters. The number of hydrogen-bond donors (Lipinski definition) is 2. The van der Waals surface area contributed by atoms with E-state index in [2.05, 4.69) is 19.2 Å². The predicted octanol–water partition coefficient (Wildman–Crippen LogP) is 1.93. The number of hydrogen-bond acceptors (Lipinski definition) is 3. The molecule has 1 heterocycles. The molecule has 3 N–H and O–H groups in total. The van der Waals surface area contributed by atoms with Crippen molar-refractivity contribution in [1.82, 2.24) is 0 Å². The highest BCUT2D eigenvalue weighted by atomic mass is 16.1. The van der Waals surface area contributed by atoms with Gasteiger partial charge in [0.1, 0.15) is 0 Å². The standard InChI is InChI=1S/C12H16N2O/c1-7(15)11-12(2,3)9-5-4-8(13)6-10(9)14-11/h4-6,11,14H,13H2,1-3H3. The second-order valence-electron chi connectivity index (χ2n) is 4.71. The lowest BCUT2D eigenvalue weighted by Gasteiger charge is -2.25. The second kappa shape index (κ2) is 2.99. The Morgan fingerprint density at radius 3 is 2.73 bits per heavy atom. The van der Waals surface area contributed by atoms with Crippen molar-refractivity contribution in [2.24, 2.45) is 0 Å². The molecule has 1 aromatic carbocycles. The van der Waals surface area contributed by atoms with Crippen molar-refractivity contribution < 1.29 is 4.79 Å². The first-order valence-electron chi connectivity index (χ1n) is 5.10. The number of anilines is 2. The molecule has 1 aliphatic heterocycles. The van der Waals surface area contributed by atoms with Crippen molar-refractivity contribution in [2.75, 3.05) is 11.1 Å². The van der Waals surface area contributed by atoms with Gasteiger partial charge in [-0.3, -0.25) is 4.79 Å². The van der Waals surface area contributed by atoms with Gasteiger partial charge in [0.05, 0.1) is 6.04 Å². The number of fused-ring (bicyclic) bond motifs is 1. The normalized spacial score (nSPS) is 21.9. The fourth-order valence-corrected chi connectivity index (χ4v) is 2.34. The van der Waals surface area contributed by atoms with Gasteiger partial charge in [-0.05, 0) is 24.6 Å². The molecule has 80 valence electrons. The van der Waals surface area contributed by atoms with Crippen molar-refractivity contribution in [3.63, 3.8) is 0 Å². The third-order valence-electron chi connectivity index (χ3n) is 3.17. The van der Waals surface area contributed by atoms with Crippen LogP contribution in [0.4, 0.5) is 11.4 Å². The van der Waals surface area contributed by atoms with Gasteiger partial charge < -0.3 is 11.1 Å². The Morgan fingerprint density at radius 1 is 1.47 bits per heavy atom. The third-order valence-corrected chi connectivity index (χ3v) is 3.17. The summed E-state index contributed by atoms with van der Waals surface area (Å²) >= 11 is 0. The van der Waals surface area contributed by atoms with Gasteiger partial charge >= 0.3 is 0 Å². The number of rotatable bonds is 1. The Labute approximate surface area is 89.7 Å². The van der Waals surface area contributed by atoms with Crippen LogP contribution in [0.1, 0.15) is 26.3 Å². The number of carbonyl (C=O) groups excluding carboxylic acids is 1. The summed E-state index contributed by atoms with van der Waals surface area (Å²) in [5, 5.41) is 3.24. The highest BCUT2D eigenvalue weighted by molar-refractivity contribution is 5.90. The topological polar surface area (TPSA) is 55.1 Å². The van der Waals surface area contributed by atoms with E-state index in [9.17, 15) is 4.79 Å². The molecule has 1 aromatic rings. The largest absolute Gasteiger partial charge is 0.399 e. The zero-order valence-corrected chi connectivity index (χ0v) is 9.29. The molecule has 0 aromatic heterocycles. The Kier molecular flexibility index (Phi) is 2.00. The summed E-state index contributed by atoms with van der Waals surface area (Å²) in [5.74, 6) is 0.162. The number of nitrogen functional groups attached to an aromatic ring is 1. The predicted molar refractivity (Wildman–Crippen MR) is 62.0 cm³/mol. The van der Waals surface area contributed by atoms with Gasteiger partial charge in [-0.15, -0.1) is 0 Å². The Hall–Kier alpha value is -1.51. The van der Waals surface area contributed by atoms with Crippen LogP contribution in [-0.2, 0) is 10.2 Å². The Bertz CT molecular complexity index is 424. The summed E-state index contributed by atoms with van der Waals surface area (Å²) in [6, 6.07) is 5.63. The van der Waals surface area contributed by atoms with Crippen molar-refractivity contribution in [2.45, 2.75) is 32.2 Å². The number of ketones is 1. The molecular formula is C12H16N2O. The van der Waals surface area contributed by atoms with Gasteiger partial charge in [0.2, 0.25) is 0 Å². The van der Waals surface area contributed by atoms with E-state index < -0.39 is 0 Å². The summed E-state index contributed by atoms with van der Waals surface area (Å²) in [6.07, 6.45) is 0. The fourth-order valence-electron chi connectivity index (χ4n) is 2.34. The van der Waals surface area contributed by atoms with Crippen molar-refractivity contribution in [1.29, 1.82) is 0 Å². The van der Waals surface area contributed by atoms with Crippen molar-refractivity contribution in [3.05, 3.63) is 23.8 Å². The first-order valence-corrected chi connectivity index (χ1v) is 5.10.